The minimum absolute atomic E-state index is 0.262. The number of hydrogen-bond donors (Lipinski definition) is 1. The quantitative estimate of drug-likeness (QED) is 0.898. The maximum Gasteiger partial charge on any atom is 0.229 e. The fraction of sp³-hybridized carbons (Fsp3) is 0.833. The molecule has 0 radical (unpaired) electrons. The number of thioether (sulfide) groups is 2. The first-order chi connectivity index (χ1) is 8.76. The fourth-order valence-electron chi connectivity index (χ4n) is 2.08. The van der Waals surface area contributed by atoms with Crippen LogP contribution < -0.4 is 5.73 Å². The van der Waals surface area contributed by atoms with Gasteiger partial charge >= 0.3 is 0 Å². The van der Waals surface area contributed by atoms with E-state index in [1.165, 1.54) is 11.5 Å². The van der Waals surface area contributed by atoms with Gasteiger partial charge < -0.3 is 10.3 Å². The minimum atomic E-state index is 0.262. The lowest BCUT2D eigenvalue weighted by Crippen LogP contribution is -2.19. The Kier molecular flexibility index (Phi) is 5.38. The predicted molar refractivity (Wildman–Crippen MR) is 78.1 cm³/mol. The van der Waals surface area contributed by atoms with Gasteiger partial charge in [0.25, 0.3) is 0 Å². The van der Waals surface area contributed by atoms with Gasteiger partial charge in [-0.1, -0.05) is 19.0 Å². The van der Waals surface area contributed by atoms with Crippen LogP contribution in [0, 0.1) is 0 Å². The number of nitrogens with two attached hydrogens (primary N) is 1. The van der Waals surface area contributed by atoms with Crippen LogP contribution in [0.5, 0.6) is 0 Å². The van der Waals surface area contributed by atoms with E-state index in [4.69, 9.17) is 10.3 Å². The molecule has 2 N–H and O–H groups in total. The van der Waals surface area contributed by atoms with Crippen LogP contribution in [0.3, 0.4) is 0 Å². The second kappa shape index (κ2) is 6.82. The average molecular weight is 287 g/mol. The summed E-state index contributed by atoms with van der Waals surface area (Å²) >= 11 is 3.99. The van der Waals surface area contributed by atoms with Gasteiger partial charge in [0, 0.05) is 22.7 Å². The van der Waals surface area contributed by atoms with E-state index in [1.807, 2.05) is 23.5 Å². The van der Waals surface area contributed by atoms with Crippen molar-refractivity contribution in [3.8, 4) is 0 Å². The van der Waals surface area contributed by atoms with E-state index in [9.17, 15) is 0 Å². The van der Waals surface area contributed by atoms with Crippen LogP contribution in [-0.2, 0) is 0 Å². The summed E-state index contributed by atoms with van der Waals surface area (Å²) < 4.78 is 5.39. The molecule has 3 atom stereocenters. The Balaban J connectivity index is 2.08. The molecule has 6 heteroatoms. The molecule has 4 nitrogen and oxygen atoms in total. The van der Waals surface area contributed by atoms with E-state index in [-0.39, 0.29) is 5.92 Å². The monoisotopic (exact) mass is 287 g/mol. The summed E-state index contributed by atoms with van der Waals surface area (Å²) in [5.74, 6) is 4.28. The van der Waals surface area contributed by atoms with Crippen LogP contribution in [0.2, 0.25) is 0 Å². The zero-order chi connectivity index (χ0) is 13.0. The Hall–Kier alpha value is -0.200. The van der Waals surface area contributed by atoms with Crippen molar-refractivity contribution < 1.29 is 4.52 Å². The van der Waals surface area contributed by atoms with Crippen LogP contribution >= 0.6 is 23.5 Å². The third-order valence-corrected chi connectivity index (χ3v) is 6.43. The zero-order valence-corrected chi connectivity index (χ0v) is 12.6. The van der Waals surface area contributed by atoms with Gasteiger partial charge in [-0.2, -0.15) is 16.7 Å². The predicted octanol–water partition coefficient (Wildman–Crippen LogP) is 2.82. The van der Waals surface area contributed by atoms with Crippen molar-refractivity contribution in [3.63, 3.8) is 0 Å². The summed E-state index contributed by atoms with van der Waals surface area (Å²) in [4.78, 5) is 4.58. The zero-order valence-electron chi connectivity index (χ0n) is 11.0. The lowest BCUT2D eigenvalue weighted by Gasteiger charge is -2.27. The summed E-state index contributed by atoms with van der Waals surface area (Å²) in [7, 11) is 0. The number of nitrogens with zero attached hydrogens (tertiary/aromatic N) is 2. The van der Waals surface area contributed by atoms with Gasteiger partial charge in [-0.05, 0) is 19.4 Å². The molecule has 1 aromatic rings. The molecule has 3 unspecified atom stereocenters. The molecule has 2 heterocycles. The fourth-order valence-corrected chi connectivity index (χ4v) is 5.06. The lowest BCUT2D eigenvalue weighted by molar-refractivity contribution is 0.350. The molecule has 1 aliphatic heterocycles. The molecule has 2 rings (SSSR count). The summed E-state index contributed by atoms with van der Waals surface area (Å²) in [6.45, 7) is 4.98. The highest BCUT2D eigenvalue weighted by molar-refractivity contribution is 8.06. The Labute approximate surface area is 117 Å². The Bertz CT molecular complexity index is 372. The van der Waals surface area contributed by atoms with Crippen molar-refractivity contribution >= 4 is 23.5 Å². The van der Waals surface area contributed by atoms with Gasteiger partial charge in [0.1, 0.15) is 0 Å². The number of aromatic nitrogens is 2. The van der Waals surface area contributed by atoms with Crippen LogP contribution in [-0.4, -0.2) is 33.4 Å². The number of hydrogen-bond acceptors (Lipinski definition) is 6. The highest BCUT2D eigenvalue weighted by Crippen LogP contribution is 2.43. The van der Waals surface area contributed by atoms with E-state index in [0.717, 1.165) is 24.6 Å². The molecular weight excluding hydrogens is 266 g/mol. The molecule has 0 bridgehead atoms. The second-order valence-electron chi connectivity index (χ2n) is 4.58. The largest absolute Gasteiger partial charge is 0.339 e. The first-order valence-electron chi connectivity index (χ1n) is 6.53. The standard InChI is InChI=1S/C12H21N3OS2/c1-3-9-10(18-7-6-17-9)11-14-12(16-15-11)8(2)4-5-13/h8-10H,3-7,13H2,1-2H3. The average Bonchev–Trinajstić information content (AvgIpc) is 2.88. The maximum absolute atomic E-state index is 5.56. The molecule has 0 spiro atoms. The number of rotatable bonds is 5. The summed E-state index contributed by atoms with van der Waals surface area (Å²) in [5.41, 5.74) is 5.56. The van der Waals surface area contributed by atoms with Crippen molar-refractivity contribution in [2.45, 2.75) is 43.1 Å². The molecule has 0 aromatic carbocycles. The van der Waals surface area contributed by atoms with E-state index in [1.54, 1.807) is 0 Å². The van der Waals surface area contributed by atoms with Crippen LogP contribution in [0.15, 0.2) is 4.52 Å². The van der Waals surface area contributed by atoms with Crippen molar-refractivity contribution in [1.82, 2.24) is 10.1 Å². The van der Waals surface area contributed by atoms with Crippen LogP contribution in [0.1, 0.15) is 49.6 Å². The van der Waals surface area contributed by atoms with Crippen molar-refractivity contribution in [1.29, 1.82) is 0 Å². The molecular formula is C12H21N3OS2. The normalized spacial score (nSPS) is 26.2. The summed E-state index contributed by atoms with van der Waals surface area (Å²) in [6, 6.07) is 0. The molecule has 1 saturated heterocycles. The molecule has 0 amide bonds. The smallest absolute Gasteiger partial charge is 0.229 e. The van der Waals surface area contributed by atoms with Crippen molar-refractivity contribution in [3.05, 3.63) is 11.7 Å². The summed E-state index contributed by atoms with van der Waals surface area (Å²) in [5, 5.41) is 5.18. The van der Waals surface area contributed by atoms with Gasteiger partial charge in [-0.3, -0.25) is 0 Å². The first kappa shape index (κ1) is 14.2. The molecule has 102 valence electrons. The third kappa shape index (κ3) is 3.22. The van der Waals surface area contributed by atoms with Crippen molar-refractivity contribution in [2.75, 3.05) is 18.1 Å². The highest BCUT2D eigenvalue weighted by atomic mass is 32.2. The van der Waals surface area contributed by atoms with Gasteiger partial charge in [0.2, 0.25) is 5.89 Å². The molecule has 18 heavy (non-hydrogen) atoms. The maximum atomic E-state index is 5.56. The summed E-state index contributed by atoms with van der Waals surface area (Å²) in [6.07, 6.45) is 2.05. The first-order valence-corrected chi connectivity index (χ1v) is 8.62. The minimum Gasteiger partial charge on any atom is -0.339 e. The topological polar surface area (TPSA) is 64.9 Å². The van der Waals surface area contributed by atoms with Crippen LogP contribution in [0.25, 0.3) is 0 Å². The van der Waals surface area contributed by atoms with Crippen molar-refractivity contribution in [2.24, 2.45) is 5.73 Å². The SMILES string of the molecule is CCC1SCCSC1c1noc(C(C)CCN)n1. The molecule has 1 aliphatic rings. The highest BCUT2D eigenvalue weighted by Gasteiger charge is 2.30. The van der Waals surface area contributed by atoms with E-state index < -0.39 is 0 Å². The molecule has 1 fully saturated rings. The van der Waals surface area contributed by atoms with E-state index in [0.29, 0.717) is 17.0 Å². The van der Waals surface area contributed by atoms with Gasteiger partial charge in [0.15, 0.2) is 5.82 Å². The molecule has 0 saturated carbocycles. The van der Waals surface area contributed by atoms with E-state index >= 15 is 0 Å². The Morgan fingerprint density at radius 1 is 1.44 bits per heavy atom. The van der Waals surface area contributed by atoms with Gasteiger partial charge in [0.05, 0.1) is 5.25 Å². The third-order valence-electron chi connectivity index (χ3n) is 3.19. The Morgan fingerprint density at radius 3 is 2.94 bits per heavy atom. The van der Waals surface area contributed by atoms with Crippen LogP contribution in [0.4, 0.5) is 0 Å². The second-order valence-corrected chi connectivity index (χ2v) is 7.17. The van der Waals surface area contributed by atoms with Gasteiger partial charge in [-0.25, -0.2) is 0 Å². The molecule has 1 aromatic heterocycles. The molecule has 0 aliphatic carbocycles. The lowest BCUT2D eigenvalue weighted by atomic mass is 10.1. The van der Waals surface area contributed by atoms with Gasteiger partial charge in [-0.15, -0.1) is 11.8 Å². The Morgan fingerprint density at radius 2 is 2.22 bits per heavy atom. The van der Waals surface area contributed by atoms with E-state index in [2.05, 4.69) is 24.0 Å².